The first kappa shape index (κ1) is 13.7. The van der Waals surface area contributed by atoms with Gasteiger partial charge in [0.2, 0.25) is 5.91 Å². The summed E-state index contributed by atoms with van der Waals surface area (Å²) < 4.78 is 0. The van der Waals surface area contributed by atoms with Crippen LogP contribution in [-0.4, -0.2) is 23.5 Å². The fourth-order valence-corrected chi connectivity index (χ4v) is 3.12. The first-order valence-electron chi connectivity index (χ1n) is 7.26. The number of amides is 1. The lowest BCUT2D eigenvalue weighted by Gasteiger charge is -2.39. The lowest BCUT2D eigenvalue weighted by atomic mass is 9.92. The van der Waals surface area contributed by atoms with Crippen LogP contribution >= 0.6 is 0 Å². The van der Waals surface area contributed by atoms with E-state index in [4.69, 9.17) is 11.5 Å². The van der Waals surface area contributed by atoms with Crippen molar-refractivity contribution in [2.45, 2.75) is 25.8 Å². The van der Waals surface area contributed by atoms with Gasteiger partial charge < -0.3 is 16.4 Å². The number of fused-ring (bicyclic) bond motifs is 1. The Hall–Kier alpha value is -2.30. The summed E-state index contributed by atoms with van der Waals surface area (Å²) in [6, 6.07) is 6.22. The van der Waals surface area contributed by atoms with Crippen molar-refractivity contribution >= 4 is 28.1 Å². The molecule has 1 aromatic carbocycles. The standard InChI is InChI=1S/C16H20N4O/c1-10-2-3-11(16(18)21)9-20(10)15-5-4-14(17)12-6-7-19-8-13(12)15/h4-8,10-11H,2-3,9,17H2,1H3,(H2,18,21). The molecule has 3 rings (SSSR count). The number of carbonyl (C=O) groups is 1. The van der Waals surface area contributed by atoms with Gasteiger partial charge >= 0.3 is 0 Å². The monoisotopic (exact) mass is 284 g/mol. The van der Waals surface area contributed by atoms with Gasteiger partial charge in [-0.05, 0) is 38.0 Å². The van der Waals surface area contributed by atoms with Gasteiger partial charge in [0.05, 0.1) is 5.92 Å². The number of benzene rings is 1. The highest BCUT2D eigenvalue weighted by molar-refractivity contribution is 6.01. The van der Waals surface area contributed by atoms with Crippen LogP contribution in [0.25, 0.3) is 10.8 Å². The van der Waals surface area contributed by atoms with E-state index in [0.29, 0.717) is 12.6 Å². The second-order valence-electron chi connectivity index (χ2n) is 5.77. The van der Waals surface area contributed by atoms with Gasteiger partial charge in [-0.2, -0.15) is 0 Å². The second kappa shape index (κ2) is 5.24. The summed E-state index contributed by atoms with van der Waals surface area (Å²) in [6.07, 6.45) is 5.40. The molecule has 0 bridgehead atoms. The number of carbonyl (C=O) groups excluding carboxylic acids is 1. The van der Waals surface area contributed by atoms with Gasteiger partial charge in [0.15, 0.2) is 0 Å². The van der Waals surface area contributed by atoms with E-state index in [1.807, 2.05) is 24.4 Å². The quantitative estimate of drug-likeness (QED) is 0.825. The number of nitrogens with two attached hydrogens (primary N) is 2. The Morgan fingerprint density at radius 3 is 2.86 bits per heavy atom. The Bertz CT molecular complexity index is 685. The normalized spacial score (nSPS) is 22.4. The molecule has 1 aliphatic heterocycles. The fourth-order valence-electron chi connectivity index (χ4n) is 3.12. The maximum absolute atomic E-state index is 11.5. The minimum Gasteiger partial charge on any atom is -0.398 e. The number of primary amides is 1. The third kappa shape index (κ3) is 2.39. The Kier molecular flexibility index (Phi) is 3.41. The minimum atomic E-state index is -0.218. The lowest BCUT2D eigenvalue weighted by Crippen LogP contribution is -2.46. The Labute approximate surface area is 123 Å². The zero-order valence-electron chi connectivity index (χ0n) is 12.1. The number of anilines is 2. The molecule has 0 radical (unpaired) electrons. The van der Waals surface area contributed by atoms with Gasteiger partial charge in [0.25, 0.3) is 0 Å². The summed E-state index contributed by atoms with van der Waals surface area (Å²) in [5.74, 6) is -0.310. The van der Waals surface area contributed by atoms with Gasteiger partial charge in [0, 0.05) is 47.1 Å². The van der Waals surface area contributed by atoms with Crippen molar-refractivity contribution in [3.8, 4) is 0 Å². The van der Waals surface area contributed by atoms with Crippen LogP contribution in [0.4, 0.5) is 11.4 Å². The molecule has 0 saturated carbocycles. The molecule has 2 atom stereocenters. The van der Waals surface area contributed by atoms with Gasteiger partial charge in [-0.3, -0.25) is 9.78 Å². The molecule has 0 aliphatic carbocycles. The summed E-state index contributed by atoms with van der Waals surface area (Å²) in [6.45, 7) is 2.83. The molecule has 2 heterocycles. The number of piperidine rings is 1. The summed E-state index contributed by atoms with van der Waals surface area (Å²) >= 11 is 0. The molecule has 1 aliphatic rings. The predicted octanol–water partition coefficient (Wildman–Crippen LogP) is 1.91. The van der Waals surface area contributed by atoms with Crippen LogP contribution in [-0.2, 0) is 4.79 Å². The van der Waals surface area contributed by atoms with Crippen LogP contribution < -0.4 is 16.4 Å². The first-order valence-corrected chi connectivity index (χ1v) is 7.26. The average molecular weight is 284 g/mol. The number of nitrogen functional groups attached to an aromatic ring is 1. The number of nitrogens with zero attached hydrogens (tertiary/aromatic N) is 2. The van der Waals surface area contributed by atoms with Crippen molar-refractivity contribution in [3.05, 3.63) is 30.6 Å². The van der Waals surface area contributed by atoms with Crippen molar-refractivity contribution in [3.63, 3.8) is 0 Å². The van der Waals surface area contributed by atoms with Crippen molar-refractivity contribution in [1.82, 2.24) is 4.98 Å². The molecule has 5 nitrogen and oxygen atoms in total. The van der Waals surface area contributed by atoms with Crippen LogP contribution in [0.1, 0.15) is 19.8 Å². The lowest BCUT2D eigenvalue weighted by molar-refractivity contribution is -0.122. The maximum Gasteiger partial charge on any atom is 0.222 e. The van der Waals surface area contributed by atoms with Gasteiger partial charge in [-0.1, -0.05) is 0 Å². The molecule has 1 aromatic heterocycles. The largest absolute Gasteiger partial charge is 0.398 e. The summed E-state index contributed by atoms with van der Waals surface area (Å²) in [5, 5.41) is 2.02. The third-order valence-electron chi connectivity index (χ3n) is 4.42. The number of hydrogen-bond donors (Lipinski definition) is 2. The molecule has 0 spiro atoms. The van der Waals surface area contributed by atoms with Crippen molar-refractivity contribution in [1.29, 1.82) is 0 Å². The van der Waals surface area contributed by atoms with E-state index >= 15 is 0 Å². The van der Waals surface area contributed by atoms with E-state index in [1.165, 1.54) is 0 Å². The van der Waals surface area contributed by atoms with Crippen LogP contribution in [0.5, 0.6) is 0 Å². The van der Waals surface area contributed by atoms with E-state index in [9.17, 15) is 4.79 Å². The van der Waals surface area contributed by atoms with E-state index in [0.717, 1.165) is 35.0 Å². The smallest absolute Gasteiger partial charge is 0.222 e. The van der Waals surface area contributed by atoms with Crippen molar-refractivity contribution in [2.75, 3.05) is 17.2 Å². The zero-order chi connectivity index (χ0) is 15.0. The Morgan fingerprint density at radius 2 is 2.10 bits per heavy atom. The Balaban J connectivity index is 2.06. The maximum atomic E-state index is 11.5. The van der Waals surface area contributed by atoms with Crippen LogP contribution in [0.3, 0.4) is 0 Å². The molecule has 2 unspecified atom stereocenters. The van der Waals surface area contributed by atoms with E-state index in [1.54, 1.807) is 6.20 Å². The van der Waals surface area contributed by atoms with Crippen LogP contribution in [0.2, 0.25) is 0 Å². The number of aromatic nitrogens is 1. The summed E-state index contributed by atoms with van der Waals surface area (Å²) in [4.78, 5) is 18.0. The van der Waals surface area contributed by atoms with Crippen molar-refractivity contribution in [2.24, 2.45) is 11.7 Å². The van der Waals surface area contributed by atoms with E-state index in [-0.39, 0.29) is 11.8 Å². The molecule has 110 valence electrons. The Morgan fingerprint density at radius 1 is 1.29 bits per heavy atom. The van der Waals surface area contributed by atoms with Crippen LogP contribution in [0.15, 0.2) is 30.6 Å². The molecule has 2 aromatic rings. The third-order valence-corrected chi connectivity index (χ3v) is 4.42. The molecule has 1 saturated heterocycles. The predicted molar refractivity (Wildman–Crippen MR) is 84.9 cm³/mol. The topological polar surface area (TPSA) is 85.2 Å². The molecular formula is C16H20N4O. The number of hydrogen-bond acceptors (Lipinski definition) is 4. The molecule has 1 fully saturated rings. The van der Waals surface area contributed by atoms with Crippen molar-refractivity contribution < 1.29 is 4.79 Å². The summed E-state index contributed by atoms with van der Waals surface area (Å²) in [7, 11) is 0. The fraction of sp³-hybridized carbons (Fsp3) is 0.375. The van der Waals surface area contributed by atoms with E-state index in [2.05, 4.69) is 16.8 Å². The molecule has 4 N–H and O–H groups in total. The van der Waals surface area contributed by atoms with Gasteiger partial charge in [-0.15, -0.1) is 0 Å². The molecular weight excluding hydrogens is 264 g/mol. The number of pyridine rings is 1. The first-order chi connectivity index (χ1) is 10.1. The van der Waals surface area contributed by atoms with Gasteiger partial charge in [0.1, 0.15) is 0 Å². The highest BCUT2D eigenvalue weighted by Gasteiger charge is 2.29. The molecule has 1 amide bonds. The molecule has 21 heavy (non-hydrogen) atoms. The summed E-state index contributed by atoms with van der Waals surface area (Å²) in [5.41, 5.74) is 13.4. The second-order valence-corrected chi connectivity index (χ2v) is 5.77. The van der Waals surface area contributed by atoms with E-state index < -0.39 is 0 Å². The molecule has 5 heteroatoms. The van der Waals surface area contributed by atoms with Crippen LogP contribution in [0, 0.1) is 5.92 Å². The highest BCUT2D eigenvalue weighted by atomic mass is 16.1. The average Bonchev–Trinajstić information content (AvgIpc) is 2.49. The number of rotatable bonds is 2. The zero-order valence-corrected chi connectivity index (χ0v) is 12.1. The van der Waals surface area contributed by atoms with Gasteiger partial charge in [-0.25, -0.2) is 0 Å². The highest BCUT2D eigenvalue weighted by Crippen LogP contribution is 2.34. The SMILES string of the molecule is CC1CCC(C(N)=O)CN1c1ccc(N)c2ccncc12. The minimum absolute atomic E-state index is 0.0922.